The lowest BCUT2D eigenvalue weighted by atomic mass is 10.1. The van der Waals surface area contributed by atoms with E-state index in [2.05, 4.69) is 191 Å². The van der Waals surface area contributed by atoms with Crippen molar-refractivity contribution in [2.75, 3.05) is 39.6 Å². The predicted octanol–water partition coefficient (Wildman–Crippen LogP) is 36.3. The second-order valence-corrected chi connectivity index (χ2v) is 38.4. The fraction of sp³-hybridized carbons (Fsp3) is 0.532. The minimum atomic E-state index is 0.626. The molecule has 0 heterocycles. The minimum absolute atomic E-state index is 0.626. The van der Waals surface area contributed by atoms with Gasteiger partial charge in [-0.3, -0.25) is 0 Å². The lowest BCUT2D eigenvalue weighted by Crippen LogP contribution is -2.03. The van der Waals surface area contributed by atoms with Gasteiger partial charge in [-0.1, -0.05) is 465 Å². The Morgan fingerprint density at radius 2 is 0.367 bits per heavy atom. The average molecular weight is 1970 g/mol. The van der Waals surface area contributed by atoms with Gasteiger partial charge in [0, 0.05) is 56.6 Å². The molecule has 0 aliphatic carbocycles. The first-order valence-corrected chi connectivity index (χ1v) is 57.2. The first-order valence-electron chi connectivity index (χ1n) is 57.2. The van der Waals surface area contributed by atoms with Crippen LogP contribution in [0.2, 0.25) is 0 Å². The first-order chi connectivity index (χ1) is 72.4. The molecular formula is C141H182O6. The Kier molecular flexibility index (Phi) is 81.7. The van der Waals surface area contributed by atoms with Crippen LogP contribution in [0.4, 0.5) is 0 Å². The third kappa shape index (κ3) is 67.1. The summed E-state index contributed by atoms with van der Waals surface area (Å²) in [5.41, 5.74) is 10.8. The highest BCUT2D eigenvalue weighted by Crippen LogP contribution is 2.33. The van der Waals surface area contributed by atoms with Crippen LogP contribution in [-0.4, -0.2) is 39.6 Å². The normalized spacial score (nSPS) is 9.89. The van der Waals surface area contributed by atoms with Gasteiger partial charge in [-0.2, -0.15) is 0 Å². The van der Waals surface area contributed by atoms with E-state index in [4.69, 9.17) is 73.4 Å². The Morgan fingerprint density at radius 3 is 0.639 bits per heavy atom. The highest BCUT2D eigenvalue weighted by Gasteiger charge is 2.15. The molecule has 0 aromatic heterocycles. The number of benzene rings is 6. The zero-order valence-electron chi connectivity index (χ0n) is 92.9. The van der Waals surface area contributed by atoms with Crippen LogP contribution in [0.3, 0.4) is 0 Å². The maximum absolute atomic E-state index is 6.44. The molecule has 0 fully saturated rings. The van der Waals surface area contributed by atoms with Gasteiger partial charge in [0.15, 0.2) is 0 Å². The van der Waals surface area contributed by atoms with E-state index in [-0.39, 0.29) is 0 Å². The fourth-order valence-corrected chi connectivity index (χ4v) is 16.8. The Labute approximate surface area is 900 Å². The molecule has 0 amide bonds. The molecule has 0 spiro atoms. The molecule has 6 aromatic carbocycles. The van der Waals surface area contributed by atoms with E-state index < -0.39 is 0 Å². The van der Waals surface area contributed by atoms with Crippen LogP contribution in [0.25, 0.3) is 0 Å². The van der Waals surface area contributed by atoms with Gasteiger partial charge in [-0.05, 0) is 209 Å². The molecule has 0 atom stereocenters. The van der Waals surface area contributed by atoms with E-state index in [1.54, 1.807) is 32.0 Å². The molecule has 0 saturated heterocycles. The SMILES string of the molecule is C#Cc1cc(C#C)cc(C#C)c1.C#Cc1cc(OCCCCCCCCCCCC)c(C#C)cc1OCCCCCCCCCCCC.C#Cc1ccc(OCCCCCCCCCCCC)c(C#C)c1.CC#CC#Cc1cc(C#CC#CC)cc(C#CC#Cc2cc(C#CC#Cc3cc(OCCCCCCCCCCCC)c(C)cc3OCCCCCCCCCCCC)ccc2OCCCCCCCCCCCC)c1. The lowest BCUT2D eigenvalue weighted by molar-refractivity contribution is 0.294. The Balaban J connectivity index is 0.000000632. The molecule has 147 heavy (non-hydrogen) atoms. The molecule has 6 rings (SSSR count). The smallest absolute Gasteiger partial charge is 0.136 e. The Hall–Kier alpha value is -12.5. The fourth-order valence-electron chi connectivity index (χ4n) is 16.8. The molecule has 6 nitrogen and oxygen atoms in total. The predicted molar refractivity (Wildman–Crippen MR) is 631 cm³/mol. The number of terminal acetylenes is 7. The summed E-state index contributed by atoms with van der Waals surface area (Å²) in [5, 5.41) is 0. The summed E-state index contributed by atoms with van der Waals surface area (Å²) >= 11 is 0. The third-order valence-corrected chi connectivity index (χ3v) is 25.6. The number of ether oxygens (including phenoxy) is 6. The van der Waals surface area contributed by atoms with Crippen molar-refractivity contribution in [3.8, 4) is 216 Å². The Morgan fingerprint density at radius 1 is 0.170 bits per heavy atom. The second kappa shape index (κ2) is 93.3. The van der Waals surface area contributed by atoms with Crippen molar-refractivity contribution in [3.63, 3.8) is 0 Å². The van der Waals surface area contributed by atoms with E-state index in [9.17, 15) is 0 Å². The van der Waals surface area contributed by atoms with Gasteiger partial charge in [0.1, 0.15) is 34.5 Å². The van der Waals surface area contributed by atoms with Crippen molar-refractivity contribution in [1.29, 1.82) is 0 Å². The molecule has 0 aliphatic heterocycles. The lowest BCUT2D eigenvalue weighted by Gasteiger charge is -2.14. The highest BCUT2D eigenvalue weighted by molar-refractivity contribution is 5.61. The van der Waals surface area contributed by atoms with E-state index in [1.807, 2.05) is 72.8 Å². The zero-order valence-corrected chi connectivity index (χ0v) is 92.9. The van der Waals surface area contributed by atoms with Crippen molar-refractivity contribution in [3.05, 3.63) is 175 Å². The molecular weight excluding hydrogens is 1790 g/mol. The van der Waals surface area contributed by atoms with Gasteiger partial charge in [0.2, 0.25) is 0 Å². The van der Waals surface area contributed by atoms with Crippen LogP contribution in [0.15, 0.2) is 97.1 Å². The van der Waals surface area contributed by atoms with E-state index in [0.717, 1.165) is 152 Å². The van der Waals surface area contributed by atoms with Gasteiger partial charge in [0.25, 0.3) is 0 Å². The van der Waals surface area contributed by atoms with Crippen LogP contribution < -0.4 is 28.4 Å². The average Bonchev–Trinajstić information content (AvgIpc) is 0.829. The quantitative estimate of drug-likeness (QED) is 0.0280. The second-order valence-electron chi connectivity index (χ2n) is 38.4. The third-order valence-electron chi connectivity index (χ3n) is 25.6. The van der Waals surface area contributed by atoms with Gasteiger partial charge in [-0.15, -0.1) is 45.0 Å². The standard InChI is InChI=1S/C73H92O3.C34H54O2.C22H30O.C12H6/c1-7-12-17-20-23-26-29-32-35-44-55-74-71-54-53-65(62-69(71)51-43-41-50-68-60-66(48-38-15-10-4)59-67(61-68)49-39-16-11-5)47-40-42-52-70-63-72(75-56-45-36-33-30-27-24-21-18-13-8-2)64(6)58-73(70)76-57-46-37-34-31-28-25-22-19-14-9-3;1-5-9-11-13-15-17-19-21-23-25-27-35-33-29-32(8-4)34(30-31(33)7-3)36-28-26-24-22-20-18-16-14-12-10-6-2;1-4-7-8-9-10-11-12-13-14-15-18-23-22-17-16-20(5-2)19-21(22)6-3;1-4-10-7-11(5-2)9-12(6-3)8-10/h53-54,58-63H,7-9,12-14,17-37,44-46,55-57H2,1-6H3;3-4,29-30H,5-6,9-28H2,1-2H3;2-3,16-17,19H,4,7-15,18H2,1H3;1-3,7-9H. The summed E-state index contributed by atoms with van der Waals surface area (Å²) in [6.45, 7) is 23.3. The summed E-state index contributed by atoms with van der Waals surface area (Å²) in [5.74, 6) is 71.4. The van der Waals surface area contributed by atoms with Gasteiger partial charge >= 0.3 is 0 Å². The Bertz CT molecular complexity index is 5270. The van der Waals surface area contributed by atoms with E-state index in [0.29, 0.717) is 44.5 Å². The molecule has 6 heteroatoms. The number of aryl methyl sites for hydroxylation is 1. The molecule has 782 valence electrons. The summed E-state index contributed by atoms with van der Waals surface area (Å²) in [6.07, 6.45) is 116. The highest BCUT2D eigenvalue weighted by atomic mass is 16.5. The zero-order chi connectivity index (χ0) is 106. The van der Waals surface area contributed by atoms with Crippen molar-refractivity contribution in [2.45, 2.75) is 448 Å². The maximum atomic E-state index is 6.44. The molecule has 0 aliphatic rings. The number of unbranched alkanes of at least 4 members (excludes halogenated alkanes) is 54. The molecule has 0 N–H and O–H groups in total. The summed E-state index contributed by atoms with van der Waals surface area (Å²) in [7, 11) is 0. The van der Waals surface area contributed by atoms with Gasteiger partial charge in [-0.25, -0.2) is 0 Å². The monoisotopic (exact) mass is 1970 g/mol. The van der Waals surface area contributed by atoms with E-state index in [1.165, 1.54) is 340 Å². The van der Waals surface area contributed by atoms with E-state index >= 15 is 0 Å². The van der Waals surface area contributed by atoms with Crippen LogP contribution in [0, 0.1) is 188 Å². The van der Waals surface area contributed by atoms with Crippen LogP contribution >= 0.6 is 0 Å². The van der Waals surface area contributed by atoms with Crippen molar-refractivity contribution >= 4 is 0 Å². The summed E-state index contributed by atoms with van der Waals surface area (Å²) in [4.78, 5) is 0. The summed E-state index contributed by atoms with van der Waals surface area (Å²) in [6, 6.07) is 30.4. The molecule has 0 saturated carbocycles. The minimum Gasteiger partial charge on any atom is -0.493 e. The molecule has 0 bridgehead atoms. The maximum Gasteiger partial charge on any atom is 0.136 e. The molecule has 6 aromatic rings. The van der Waals surface area contributed by atoms with Gasteiger partial charge < -0.3 is 28.4 Å². The largest absolute Gasteiger partial charge is 0.493 e. The first kappa shape index (κ1) is 129. The molecule has 0 unspecified atom stereocenters. The number of rotatable bonds is 72. The van der Waals surface area contributed by atoms with Crippen LogP contribution in [0.1, 0.15) is 519 Å². The topological polar surface area (TPSA) is 55.4 Å². The number of hydrogen-bond acceptors (Lipinski definition) is 6. The van der Waals surface area contributed by atoms with Crippen molar-refractivity contribution in [2.24, 2.45) is 0 Å². The van der Waals surface area contributed by atoms with Crippen LogP contribution in [-0.2, 0) is 0 Å². The summed E-state index contributed by atoms with van der Waals surface area (Å²) < 4.78 is 37.0. The van der Waals surface area contributed by atoms with Gasteiger partial charge in [0.05, 0.1) is 67.5 Å². The molecule has 0 radical (unpaired) electrons. The van der Waals surface area contributed by atoms with Crippen molar-refractivity contribution < 1.29 is 28.4 Å². The van der Waals surface area contributed by atoms with Crippen molar-refractivity contribution in [1.82, 2.24) is 0 Å². The van der Waals surface area contributed by atoms with Crippen LogP contribution in [0.5, 0.6) is 34.5 Å². The number of hydrogen-bond donors (Lipinski definition) is 0.